The summed E-state index contributed by atoms with van der Waals surface area (Å²) in [6.07, 6.45) is 4.21. The molecule has 0 aliphatic carbocycles. The van der Waals surface area contributed by atoms with Gasteiger partial charge >= 0.3 is 5.97 Å². The van der Waals surface area contributed by atoms with E-state index in [1.165, 1.54) is 26.5 Å². The Bertz CT molecular complexity index is 2270. The summed E-state index contributed by atoms with van der Waals surface area (Å²) in [5, 5.41) is 52.8. The predicted octanol–water partition coefficient (Wildman–Crippen LogP) is 9.40. The van der Waals surface area contributed by atoms with E-state index < -0.39 is 5.97 Å². The topological polar surface area (TPSA) is 181 Å². The summed E-state index contributed by atoms with van der Waals surface area (Å²) in [6.45, 7) is 9.26. The van der Waals surface area contributed by atoms with Crippen LogP contribution >= 0.6 is 0 Å². The monoisotopic (exact) mass is 767 g/mol. The quantitative estimate of drug-likeness (QED) is 0.0504. The van der Waals surface area contributed by atoms with Crippen molar-refractivity contribution in [1.29, 1.82) is 0 Å². The average molecular weight is 768 g/mol. The van der Waals surface area contributed by atoms with Gasteiger partial charge in [0.05, 0.1) is 40.0 Å². The fourth-order valence-corrected chi connectivity index (χ4v) is 5.35. The largest absolute Gasteiger partial charge is 0.507 e. The smallest absolute Gasteiger partial charge is 0.331 e. The van der Waals surface area contributed by atoms with Gasteiger partial charge in [0.25, 0.3) is 0 Å². The van der Waals surface area contributed by atoms with Crippen molar-refractivity contribution in [3.63, 3.8) is 0 Å². The fraction of sp³-hybridized carbons (Fsp3) is 0.209. The van der Waals surface area contributed by atoms with Crippen molar-refractivity contribution in [3.8, 4) is 34.5 Å². The number of hydrogen-bond donors (Lipinski definition) is 4. The number of oxime groups is 3. The van der Waals surface area contributed by atoms with Gasteiger partial charge in [0, 0.05) is 55.9 Å². The van der Waals surface area contributed by atoms with Crippen molar-refractivity contribution in [2.45, 2.75) is 34.6 Å². The number of hydrogen-bond acceptors (Lipinski definition) is 13. The minimum Gasteiger partial charge on any atom is -0.507 e. The highest BCUT2D eigenvalue weighted by atomic mass is 16.7. The van der Waals surface area contributed by atoms with E-state index in [1.807, 2.05) is 58.0 Å². The molecular weight excluding hydrogens is 718 g/mol. The van der Waals surface area contributed by atoms with Crippen LogP contribution < -0.4 is 14.2 Å². The lowest BCUT2D eigenvalue weighted by molar-refractivity contribution is -0.140. The molecule has 0 spiro atoms. The van der Waals surface area contributed by atoms with Gasteiger partial charge in [0.1, 0.15) is 41.6 Å². The molecule has 0 aliphatic heterocycles. The minimum absolute atomic E-state index is 0.112. The number of ether oxygens (including phenoxy) is 3. The molecule has 0 saturated heterocycles. The fourth-order valence-electron chi connectivity index (χ4n) is 5.35. The lowest BCUT2D eigenvalue weighted by atomic mass is 10.0. The van der Waals surface area contributed by atoms with Crippen LogP contribution in [0.1, 0.15) is 51.3 Å². The van der Waals surface area contributed by atoms with Gasteiger partial charge in [-0.3, -0.25) is 0 Å². The Hall–Kier alpha value is -7.02. The van der Waals surface area contributed by atoms with Gasteiger partial charge in [0.15, 0.2) is 0 Å². The third-order valence-electron chi connectivity index (χ3n) is 7.56. The second-order valence-electron chi connectivity index (χ2n) is 10.6. The molecule has 0 aliphatic rings. The van der Waals surface area contributed by atoms with Crippen LogP contribution in [-0.2, 0) is 14.5 Å². The number of rotatable bonds is 8. The number of carbonyl (C=O) groups is 1. The zero-order valence-corrected chi connectivity index (χ0v) is 33.0. The second-order valence-corrected chi connectivity index (χ2v) is 10.6. The average Bonchev–Trinajstić information content (AvgIpc) is 3.22. The highest BCUT2D eigenvalue weighted by molar-refractivity contribution is 6.07. The maximum atomic E-state index is 10.7. The van der Waals surface area contributed by atoms with Crippen molar-refractivity contribution in [2.24, 2.45) is 15.5 Å². The Morgan fingerprint density at radius 3 is 1.16 bits per heavy atom. The molecule has 0 aromatic heterocycles. The molecule has 6 aromatic rings. The molecule has 0 radical (unpaired) electrons. The molecule has 6 rings (SSSR count). The van der Waals surface area contributed by atoms with E-state index in [9.17, 15) is 20.1 Å². The van der Waals surface area contributed by atoms with E-state index in [0.29, 0.717) is 44.5 Å². The first-order valence-corrected chi connectivity index (χ1v) is 17.5. The summed E-state index contributed by atoms with van der Waals surface area (Å²) in [5.41, 5.74) is 2.05. The third-order valence-corrected chi connectivity index (χ3v) is 7.56. The number of aromatic hydroxyl groups is 3. The van der Waals surface area contributed by atoms with Crippen LogP contribution in [-0.4, -0.2) is 73.6 Å². The Kier molecular flexibility index (Phi) is 19.0. The number of benzene rings is 6. The van der Waals surface area contributed by atoms with Crippen LogP contribution in [0.4, 0.5) is 0 Å². The number of phenols is 3. The second kappa shape index (κ2) is 23.6. The van der Waals surface area contributed by atoms with Crippen molar-refractivity contribution >= 4 is 56.9 Å². The number of carbonyl (C=O) groups excluding carboxylic acids is 1. The molecule has 0 amide bonds. The van der Waals surface area contributed by atoms with Gasteiger partial charge in [-0.2, -0.15) is 0 Å². The molecule has 56 heavy (non-hydrogen) atoms. The standard InChI is InChI=1S/C14H13NO4.C13H13NO3.C12H11NO3.2C2H6/c1-9(16)19-15-8-10-6-7-13(18-2)11-4-3-5-12(17)14(10)11;1-16-12-7-6-9(8-14-17-2)13-10(12)4-3-5-11(13)15;1-16-11-6-5-8(7-13-15)12-9(11)3-2-4-10(12)14;2*1-2/h3-8,17H,1-2H3;3-8,15H,1-2H3;2-7,14-15H,1H3;2*1-2H3/b15-8+;14-8+;13-7+;;. The normalized spacial score (nSPS) is 10.4. The van der Waals surface area contributed by atoms with Crippen LogP contribution in [0.5, 0.6) is 34.5 Å². The lowest BCUT2D eigenvalue weighted by Gasteiger charge is -2.09. The molecular formula is C43H49N3O10. The maximum Gasteiger partial charge on any atom is 0.331 e. The van der Waals surface area contributed by atoms with Gasteiger partial charge in [0.2, 0.25) is 0 Å². The Morgan fingerprint density at radius 2 is 0.857 bits per heavy atom. The van der Waals surface area contributed by atoms with E-state index in [-0.39, 0.29) is 17.2 Å². The van der Waals surface area contributed by atoms with E-state index in [1.54, 1.807) is 88.2 Å². The summed E-state index contributed by atoms with van der Waals surface area (Å²) in [7, 11) is 6.20. The maximum absolute atomic E-state index is 10.7. The molecule has 4 N–H and O–H groups in total. The number of fused-ring (bicyclic) bond motifs is 3. The van der Waals surface area contributed by atoms with Crippen molar-refractivity contribution in [3.05, 3.63) is 108 Å². The highest BCUT2D eigenvalue weighted by Gasteiger charge is 2.11. The first-order valence-electron chi connectivity index (χ1n) is 17.5. The zero-order chi connectivity index (χ0) is 41.6. The van der Waals surface area contributed by atoms with Crippen LogP contribution in [0.2, 0.25) is 0 Å². The summed E-state index contributed by atoms with van der Waals surface area (Å²) in [6, 6.07) is 26.2. The molecule has 0 saturated carbocycles. The lowest BCUT2D eigenvalue weighted by Crippen LogP contribution is -1.93. The molecule has 0 fully saturated rings. The highest BCUT2D eigenvalue weighted by Crippen LogP contribution is 2.36. The van der Waals surface area contributed by atoms with Gasteiger partial charge in [-0.15, -0.1) is 0 Å². The van der Waals surface area contributed by atoms with Crippen LogP contribution in [0.15, 0.2) is 106 Å². The van der Waals surface area contributed by atoms with Crippen molar-refractivity contribution < 1.29 is 49.2 Å². The van der Waals surface area contributed by atoms with Crippen molar-refractivity contribution in [1.82, 2.24) is 0 Å². The third kappa shape index (κ3) is 11.5. The van der Waals surface area contributed by atoms with Gasteiger partial charge < -0.3 is 44.4 Å². The summed E-state index contributed by atoms with van der Waals surface area (Å²) in [5.74, 6) is 1.96. The number of phenolic OH excluding ortho intramolecular Hbond substituents is 3. The van der Waals surface area contributed by atoms with Gasteiger partial charge in [-0.25, -0.2) is 4.79 Å². The molecule has 296 valence electrons. The molecule has 0 unspecified atom stereocenters. The van der Waals surface area contributed by atoms with E-state index in [4.69, 9.17) is 19.4 Å². The van der Waals surface area contributed by atoms with Crippen LogP contribution in [0.3, 0.4) is 0 Å². The Balaban J connectivity index is 0.000000278. The molecule has 6 aromatic carbocycles. The van der Waals surface area contributed by atoms with E-state index >= 15 is 0 Å². The molecule has 0 bridgehead atoms. The van der Waals surface area contributed by atoms with E-state index in [2.05, 4.69) is 25.1 Å². The Labute approximate surface area is 326 Å². The number of methoxy groups -OCH3 is 3. The SMILES string of the molecule is CC.CC.CO/N=C/c1ccc(OC)c2cccc(O)c12.COc1ccc(/C=N/O)c2c(O)cccc12.COc1ccc(/C=N/OC(C)=O)c2c(O)cccc12. The zero-order valence-electron chi connectivity index (χ0n) is 33.0. The molecule has 13 nitrogen and oxygen atoms in total. The predicted molar refractivity (Wildman–Crippen MR) is 223 cm³/mol. The van der Waals surface area contributed by atoms with E-state index in [0.717, 1.165) is 21.7 Å². The van der Waals surface area contributed by atoms with Crippen molar-refractivity contribution in [2.75, 3.05) is 28.4 Å². The molecule has 0 atom stereocenters. The van der Waals surface area contributed by atoms with Crippen LogP contribution in [0.25, 0.3) is 32.3 Å². The first kappa shape index (κ1) is 45.1. The Morgan fingerprint density at radius 1 is 0.518 bits per heavy atom. The van der Waals surface area contributed by atoms with Crippen LogP contribution in [0, 0.1) is 0 Å². The molecule has 0 heterocycles. The minimum atomic E-state index is -0.502. The number of nitrogens with zero attached hydrogens (tertiary/aromatic N) is 3. The first-order chi connectivity index (χ1) is 27.2. The summed E-state index contributed by atoms with van der Waals surface area (Å²) >= 11 is 0. The van der Waals surface area contributed by atoms with Gasteiger partial charge in [-0.05, 0) is 54.6 Å². The molecule has 13 heteroatoms. The summed E-state index contributed by atoms with van der Waals surface area (Å²) in [4.78, 5) is 19.8. The summed E-state index contributed by atoms with van der Waals surface area (Å²) < 4.78 is 15.7. The van der Waals surface area contributed by atoms with Gasteiger partial charge in [-0.1, -0.05) is 79.6 Å².